The minimum Gasteiger partial charge on any atom is -0.478 e. The van der Waals surface area contributed by atoms with Crippen LogP contribution in [0.1, 0.15) is 42.3 Å². The molecule has 1 saturated heterocycles. The van der Waals surface area contributed by atoms with Gasteiger partial charge in [0.05, 0.1) is 5.56 Å². The fourth-order valence-electron chi connectivity index (χ4n) is 3.10. The molecule has 2 rings (SSSR count). The number of hydrogen-bond acceptors (Lipinski definition) is 4. The summed E-state index contributed by atoms with van der Waals surface area (Å²) in [5.74, 6) is -1.26. The fourth-order valence-corrected chi connectivity index (χ4v) is 3.10. The molecule has 0 aromatic heterocycles. The van der Waals surface area contributed by atoms with Crippen LogP contribution in [0, 0.1) is 6.92 Å². The molecule has 0 aliphatic carbocycles. The SMILES string of the molecule is Cc1c(C[B-](F)(F)F)cc(N2CCN(C(=O)OC(C)(C)C)CC2)cc1C(=O)O.[K+]. The second-order valence-corrected chi connectivity index (χ2v) is 7.95. The Kier molecular flexibility index (Phi) is 9.10. The number of carbonyl (C=O) groups is 2. The minimum absolute atomic E-state index is 0. The summed E-state index contributed by atoms with van der Waals surface area (Å²) in [6.45, 7) is 3.03. The van der Waals surface area contributed by atoms with E-state index in [0.717, 1.165) is 0 Å². The number of halogens is 3. The first-order valence-electron chi connectivity index (χ1n) is 9.07. The summed E-state index contributed by atoms with van der Waals surface area (Å²) in [6, 6.07) is 2.80. The molecule has 0 unspecified atom stereocenters. The largest absolute Gasteiger partial charge is 1.00 e. The van der Waals surface area contributed by atoms with Crippen LogP contribution in [0.4, 0.5) is 23.4 Å². The van der Waals surface area contributed by atoms with Gasteiger partial charge in [-0.25, -0.2) is 9.59 Å². The predicted octanol–water partition coefficient (Wildman–Crippen LogP) is 0.683. The summed E-state index contributed by atoms with van der Waals surface area (Å²) in [7, 11) is 0. The number of benzene rings is 1. The van der Waals surface area contributed by atoms with E-state index in [9.17, 15) is 27.6 Å². The van der Waals surface area contributed by atoms with Gasteiger partial charge in [-0.15, -0.1) is 0 Å². The van der Waals surface area contributed by atoms with Gasteiger partial charge in [0.25, 0.3) is 0 Å². The molecule has 11 heteroatoms. The normalized spacial score (nSPS) is 15.0. The number of aromatic carboxylic acids is 1. The Morgan fingerprint density at radius 1 is 1.14 bits per heavy atom. The molecule has 1 N–H and O–H groups in total. The number of carbonyl (C=O) groups excluding carboxylic acids is 1. The average Bonchev–Trinajstić information content (AvgIpc) is 2.53. The number of rotatable bonds is 4. The van der Waals surface area contributed by atoms with Crippen LogP contribution in [0.15, 0.2) is 12.1 Å². The van der Waals surface area contributed by atoms with E-state index in [0.29, 0.717) is 31.9 Å². The monoisotopic (exact) mass is 440 g/mol. The van der Waals surface area contributed by atoms with Crippen molar-refractivity contribution < 1.29 is 83.8 Å². The smallest absolute Gasteiger partial charge is 0.478 e. The number of carboxylic acids is 1. The van der Waals surface area contributed by atoms with E-state index in [4.69, 9.17) is 4.74 Å². The molecule has 1 aliphatic rings. The first-order chi connectivity index (χ1) is 12.8. The van der Waals surface area contributed by atoms with Gasteiger partial charge >= 0.3 is 70.4 Å². The van der Waals surface area contributed by atoms with Crippen molar-refractivity contribution >= 4 is 24.7 Å². The molecular formula is C18H25BF3KN2O4. The molecule has 1 aliphatic heterocycles. The molecule has 0 bridgehead atoms. The van der Waals surface area contributed by atoms with Gasteiger partial charge in [0.2, 0.25) is 0 Å². The van der Waals surface area contributed by atoms with Gasteiger partial charge in [0, 0.05) is 31.9 Å². The maximum Gasteiger partial charge on any atom is 1.00 e. The summed E-state index contributed by atoms with van der Waals surface area (Å²) < 4.78 is 44.2. The summed E-state index contributed by atoms with van der Waals surface area (Å²) in [5.41, 5.74) is -0.237. The van der Waals surface area contributed by atoms with E-state index in [1.54, 1.807) is 25.7 Å². The maximum atomic E-state index is 12.9. The second kappa shape index (κ2) is 10.0. The molecule has 0 radical (unpaired) electrons. The molecule has 0 spiro atoms. The van der Waals surface area contributed by atoms with Crippen LogP contribution >= 0.6 is 0 Å². The van der Waals surface area contributed by atoms with Crippen molar-refractivity contribution in [1.29, 1.82) is 0 Å². The molecule has 0 atom stereocenters. The zero-order chi connectivity index (χ0) is 21.3. The van der Waals surface area contributed by atoms with Crippen molar-refractivity contribution in [3.63, 3.8) is 0 Å². The molecule has 1 amide bonds. The van der Waals surface area contributed by atoms with Crippen molar-refractivity contribution in [2.75, 3.05) is 31.1 Å². The van der Waals surface area contributed by atoms with Crippen molar-refractivity contribution in [3.8, 4) is 0 Å². The van der Waals surface area contributed by atoms with E-state index in [2.05, 4.69) is 0 Å². The van der Waals surface area contributed by atoms with E-state index in [1.807, 2.05) is 0 Å². The van der Waals surface area contributed by atoms with Crippen molar-refractivity contribution in [3.05, 3.63) is 28.8 Å². The molecular weight excluding hydrogens is 415 g/mol. The molecule has 156 valence electrons. The third kappa shape index (κ3) is 7.78. The molecule has 1 aromatic rings. The minimum atomic E-state index is -5.09. The van der Waals surface area contributed by atoms with E-state index >= 15 is 0 Å². The van der Waals surface area contributed by atoms with E-state index in [1.165, 1.54) is 24.0 Å². The number of piperazine rings is 1. The molecule has 0 saturated carbocycles. The Labute approximate surface area is 211 Å². The van der Waals surface area contributed by atoms with Crippen LogP contribution in [-0.4, -0.2) is 60.8 Å². The van der Waals surface area contributed by atoms with Crippen LogP contribution in [0.2, 0.25) is 0 Å². The van der Waals surface area contributed by atoms with Gasteiger partial charge in [0.1, 0.15) is 5.60 Å². The third-order valence-corrected chi connectivity index (χ3v) is 4.48. The number of hydrogen-bond donors (Lipinski definition) is 1. The van der Waals surface area contributed by atoms with Crippen molar-refractivity contribution in [1.82, 2.24) is 4.90 Å². The van der Waals surface area contributed by atoms with Crippen molar-refractivity contribution in [2.45, 2.75) is 39.6 Å². The standard InChI is InChI=1S/C18H25BF3N2O4.K/c1-12-13(11-19(20,21)22)9-14(10-15(12)16(25)26)23-5-7-24(8-6-23)17(27)28-18(2,3)4;/h9-10H,5-8,11H2,1-4H3,(H,25,26);/q-1;+1. The summed E-state index contributed by atoms with van der Waals surface area (Å²) >= 11 is 0. The van der Waals surface area contributed by atoms with Gasteiger partial charge in [-0.1, -0.05) is 11.9 Å². The average molecular weight is 440 g/mol. The fraction of sp³-hybridized carbons (Fsp3) is 0.556. The van der Waals surface area contributed by atoms with Crippen LogP contribution in [0.25, 0.3) is 0 Å². The topological polar surface area (TPSA) is 70.1 Å². The molecule has 6 nitrogen and oxygen atoms in total. The maximum absolute atomic E-state index is 12.9. The van der Waals surface area contributed by atoms with Gasteiger partial charge < -0.3 is 32.6 Å². The van der Waals surface area contributed by atoms with Crippen LogP contribution in [0.5, 0.6) is 0 Å². The summed E-state index contributed by atoms with van der Waals surface area (Å²) in [6.07, 6.45) is -1.57. The number of nitrogens with zero attached hydrogens (tertiary/aromatic N) is 2. The Morgan fingerprint density at radius 2 is 1.69 bits per heavy atom. The van der Waals surface area contributed by atoms with E-state index < -0.39 is 31.0 Å². The van der Waals surface area contributed by atoms with Gasteiger partial charge in [-0.3, -0.25) is 0 Å². The molecule has 29 heavy (non-hydrogen) atoms. The first kappa shape index (κ1) is 26.3. The van der Waals surface area contributed by atoms with Crippen LogP contribution in [-0.2, 0) is 11.1 Å². The number of carboxylic acid groups (broad SMARTS) is 1. The molecule has 1 heterocycles. The van der Waals surface area contributed by atoms with Crippen molar-refractivity contribution in [2.24, 2.45) is 0 Å². The zero-order valence-corrected chi connectivity index (χ0v) is 20.6. The molecule has 1 aromatic carbocycles. The second-order valence-electron chi connectivity index (χ2n) is 7.95. The number of amides is 1. The summed E-state index contributed by atoms with van der Waals surface area (Å²) in [4.78, 5) is 27.0. The first-order valence-corrected chi connectivity index (χ1v) is 9.07. The third-order valence-electron chi connectivity index (χ3n) is 4.48. The van der Waals surface area contributed by atoms with Crippen LogP contribution < -0.4 is 56.3 Å². The predicted molar refractivity (Wildman–Crippen MR) is 101 cm³/mol. The molecule has 1 fully saturated rings. The number of anilines is 1. The van der Waals surface area contributed by atoms with Crippen LogP contribution in [0.3, 0.4) is 0 Å². The zero-order valence-electron chi connectivity index (χ0n) is 17.5. The Bertz CT molecular complexity index is 761. The van der Waals surface area contributed by atoms with E-state index in [-0.39, 0.29) is 68.1 Å². The van der Waals surface area contributed by atoms with Gasteiger partial charge in [0.15, 0.2) is 0 Å². The quantitative estimate of drug-likeness (QED) is 0.698. The van der Waals surface area contributed by atoms with Gasteiger partial charge in [-0.2, -0.15) is 0 Å². The van der Waals surface area contributed by atoms with Gasteiger partial charge in [-0.05, 0) is 45.4 Å². The number of ether oxygens (including phenoxy) is 1. The Balaban J connectivity index is 0.00000420. The summed E-state index contributed by atoms with van der Waals surface area (Å²) in [5, 5.41) is 9.37. The Hall–Kier alpha value is -0.749. The Morgan fingerprint density at radius 3 is 2.14 bits per heavy atom.